The van der Waals surface area contributed by atoms with Crippen molar-refractivity contribution in [3.05, 3.63) is 173 Å². The second-order valence-electron chi connectivity index (χ2n) is 11.0. The third kappa shape index (κ3) is 3.90. The number of aryl methyl sites for hydroxylation is 1. The Morgan fingerprint density at radius 2 is 1.12 bits per heavy atom. The summed E-state index contributed by atoms with van der Waals surface area (Å²) in [6, 6.07) is 45.5. The Balaban J connectivity index is 1.59. The summed E-state index contributed by atoms with van der Waals surface area (Å²) in [4.78, 5) is 14.8. The number of fused-ring (bicyclic) bond motifs is 1. The molecule has 0 saturated carbocycles. The molecule has 2 atom stereocenters. The molecule has 212 valence electrons. The molecule has 5 aromatic rings. The fourth-order valence-electron chi connectivity index (χ4n) is 6.93. The van der Waals surface area contributed by atoms with E-state index in [9.17, 15) is 13.2 Å². The van der Waals surface area contributed by atoms with Crippen LogP contribution in [0.4, 0.5) is 0 Å². The Morgan fingerprint density at radius 1 is 0.628 bits per heavy atom. The van der Waals surface area contributed by atoms with Crippen molar-refractivity contribution < 1.29 is 17.4 Å². The van der Waals surface area contributed by atoms with Crippen molar-refractivity contribution in [3.8, 4) is 5.75 Å². The summed E-state index contributed by atoms with van der Waals surface area (Å²) in [7, 11) is -4.64. The summed E-state index contributed by atoms with van der Waals surface area (Å²) in [5.41, 5.74) is 3.21. The van der Waals surface area contributed by atoms with E-state index in [1.807, 2.05) is 128 Å². The van der Waals surface area contributed by atoms with Crippen molar-refractivity contribution in [2.24, 2.45) is 0 Å². The van der Waals surface area contributed by atoms with E-state index in [0.717, 1.165) is 37.7 Å². The minimum atomic E-state index is -4.64. The topological polar surface area (TPSA) is 63.7 Å². The molecule has 2 aliphatic rings. The van der Waals surface area contributed by atoms with Crippen LogP contribution in [0.25, 0.3) is 11.1 Å². The molecule has 1 amide bonds. The fourth-order valence-corrected chi connectivity index (χ4v) is 8.41. The lowest BCUT2D eigenvalue weighted by Crippen LogP contribution is -2.78. The lowest BCUT2D eigenvalue weighted by molar-refractivity contribution is -0.157. The van der Waals surface area contributed by atoms with Gasteiger partial charge in [0.25, 0.3) is 5.91 Å². The maximum absolute atomic E-state index is 14.8. The number of amides is 1. The Kier molecular flexibility index (Phi) is 6.33. The van der Waals surface area contributed by atoms with Gasteiger partial charge in [-0.25, -0.2) is 0 Å². The number of hydrogen-bond acceptors (Lipinski definition) is 4. The number of carbonyl (C=O) groups excluding carboxylic acids is 1. The molecule has 1 fully saturated rings. The van der Waals surface area contributed by atoms with Crippen molar-refractivity contribution in [2.75, 3.05) is 0 Å². The van der Waals surface area contributed by atoms with Crippen LogP contribution in [0.5, 0.6) is 5.75 Å². The lowest BCUT2D eigenvalue weighted by Gasteiger charge is -2.61. The normalized spacial score (nSPS) is 21.3. The molecule has 1 aliphatic heterocycles. The number of rotatable bonds is 7. The smallest absolute Gasteiger partial charge is 0.367 e. The van der Waals surface area contributed by atoms with Crippen molar-refractivity contribution in [1.29, 1.82) is 0 Å². The van der Waals surface area contributed by atoms with Crippen molar-refractivity contribution in [2.45, 2.75) is 24.3 Å². The average molecular weight is 584 g/mol. The van der Waals surface area contributed by atoms with Gasteiger partial charge < -0.3 is 4.18 Å². The maximum Gasteiger partial charge on any atom is 0.413 e. The van der Waals surface area contributed by atoms with Crippen LogP contribution in [-0.2, 0) is 26.1 Å². The predicted octanol–water partition coefficient (Wildman–Crippen LogP) is 7.31. The zero-order valence-electron chi connectivity index (χ0n) is 23.6. The largest absolute Gasteiger partial charge is 0.413 e. The zero-order chi connectivity index (χ0) is 29.7. The number of hydrogen-bond donors (Lipinski definition) is 0. The van der Waals surface area contributed by atoms with Gasteiger partial charge in [0.1, 0.15) is 16.7 Å². The Hall–Kier alpha value is -4.94. The van der Waals surface area contributed by atoms with E-state index in [2.05, 4.69) is 0 Å². The quantitative estimate of drug-likeness (QED) is 0.189. The van der Waals surface area contributed by atoms with Crippen molar-refractivity contribution in [1.82, 2.24) is 4.31 Å². The summed E-state index contributed by atoms with van der Waals surface area (Å²) < 4.78 is 35.7. The van der Waals surface area contributed by atoms with Gasteiger partial charge in [0.15, 0.2) is 0 Å². The van der Waals surface area contributed by atoms with Crippen LogP contribution in [0.1, 0.15) is 34.2 Å². The molecule has 1 aliphatic carbocycles. The van der Waals surface area contributed by atoms with Gasteiger partial charge in [-0.15, -0.1) is 0 Å². The van der Waals surface area contributed by atoms with Crippen LogP contribution in [0.15, 0.2) is 146 Å². The Morgan fingerprint density at radius 3 is 1.67 bits per heavy atom. The van der Waals surface area contributed by atoms with Gasteiger partial charge in [-0.05, 0) is 58.9 Å². The van der Waals surface area contributed by atoms with Crippen LogP contribution in [-0.4, -0.2) is 18.6 Å². The summed E-state index contributed by atoms with van der Waals surface area (Å²) in [6.07, 6.45) is 0.315. The summed E-state index contributed by atoms with van der Waals surface area (Å²) >= 11 is 0. The van der Waals surface area contributed by atoms with Crippen LogP contribution >= 0.6 is 0 Å². The van der Waals surface area contributed by atoms with Gasteiger partial charge in [-0.2, -0.15) is 12.7 Å². The average Bonchev–Trinajstić information content (AvgIpc) is 3.31. The molecule has 6 heteroatoms. The lowest BCUT2D eigenvalue weighted by atomic mass is 9.54. The van der Waals surface area contributed by atoms with E-state index in [1.165, 1.54) is 0 Å². The monoisotopic (exact) mass is 583 g/mol. The molecular formula is C37H29NO4S. The summed E-state index contributed by atoms with van der Waals surface area (Å²) in [5, 5.41) is 0. The van der Waals surface area contributed by atoms with Crippen LogP contribution in [0.2, 0.25) is 0 Å². The van der Waals surface area contributed by atoms with Gasteiger partial charge >= 0.3 is 10.3 Å². The molecular weight excluding hydrogens is 554 g/mol. The molecule has 7 rings (SSSR count). The number of nitrogens with zero attached hydrogens (tertiary/aromatic N) is 1. The highest BCUT2D eigenvalue weighted by molar-refractivity contribution is 7.85. The third-order valence-corrected chi connectivity index (χ3v) is 9.96. The summed E-state index contributed by atoms with van der Waals surface area (Å²) in [6.45, 7) is 1.91. The van der Waals surface area contributed by atoms with Gasteiger partial charge in [-0.1, -0.05) is 139 Å². The third-order valence-electron chi connectivity index (χ3n) is 8.67. The molecule has 0 bridgehead atoms. The highest BCUT2D eigenvalue weighted by Gasteiger charge is 2.80. The highest BCUT2D eigenvalue weighted by atomic mass is 32.2. The van der Waals surface area contributed by atoms with Crippen LogP contribution in [0.3, 0.4) is 0 Å². The molecule has 1 saturated heterocycles. The molecule has 1 heterocycles. The summed E-state index contributed by atoms with van der Waals surface area (Å²) in [5.74, 6) is -0.376. The number of β-lactam (4-membered cyclic amide) rings is 1. The Bertz CT molecular complexity index is 1940. The minimum absolute atomic E-state index is 0.144. The van der Waals surface area contributed by atoms with Crippen LogP contribution < -0.4 is 4.18 Å². The minimum Gasteiger partial charge on any atom is -0.367 e. The molecule has 5 aromatic carbocycles. The SMILES string of the molecule is Cc1ccc(OS(=O)(=O)N2C(=O)C3(c4ccccc4)CC(c4ccccc4)=C(c4ccccc4)C23c2ccccc2)cc1. The van der Waals surface area contributed by atoms with E-state index < -0.39 is 27.2 Å². The first-order chi connectivity index (χ1) is 20.9. The maximum atomic E-state index is 14.8. The fraction of sp³-hybridized carbons (Fsp3) is 0.108. The first-order valence-corrected chi connectivity index (χ1v) is 15.6. The van der Waals surface area contributed by atoms with E-state index in [1.54, 1.807) is 24.3 Å². The molecule has 0 radical (unpaired) electrons. The first kappa shape index (κ1) is 26.9. The Labute approximate surface area is 252 Å². The van der Waals surface area contributed by atoms with Gasteiger partial charge in [0, 0.05) is 0 Å². The number of allylic oxidation sites excluding steroid dienone is 1. The molecule has 0 aromatic heterocycles. The van der Waals surface area contributed by atoms with Gasteiger partial charge in [0.2, 0.25) is 0 Å². The first-order valence-electron chi connectivity index (χ1n) is 14.2. The predicted molar refractivity (Wildman–Crippen MR) is 168 cm³/mol. The van der Waals surface area contributed by atoms with Crippen molar-refractivity contribution >= 4 is 27.4 Å². The molecule has 2 unspecified atom stereocenters. The van der Waals surface area contributed by atoms with Gasteiger partial charge in [0.05, 0.1) is 0 Å². The second-order valence-corrected chi connectivity index (χ2v) is 12.4. The van der Waals surface area contributed by atoms with E-state index in [4.69, 9.17) is 4.18 Å². The van der Waals surface area contributed by atoms with E-state index in [-0.39, 0.29) is 5.75 Å². The number of benzene rings is 5. The van der Waals surface area contributed by atoms with E-state index in [0.29, 0.717) is 12.0 Å². The van der Waals surface area contributed by atoms with Crippen molar-refractivity contribution in [3.63, 3.8) is 0 Å². The van der Waals surface area contributed by atoms with Gasteiger partial charge in [-0.3, -0.25) is 4.79 Å². The van der Waals surface area contributed by atoms with Crippen LogP contribution in [0, 0.1) is 6.92 Å². The standard InChI is InChI=1S/C37H29NO4S/c1-27-22-24-32(25-23-27)42-43(40,41)38-35(39)36(30-18-10-4-11-19-30)26-33(28-14-6-2-7-15-28)34(29-16-8-3-9-17-29)37(36,38)31-20-12-5-13-21-31/h2-25H,26H2,1H3. The molecule has 0 spiro atoms. The molecule has 43 heavy (non-hydrogen) atoms. The zero-order valence-corrected chi connectivity index (χ0v) is 24.4. The highest BCUT2D eigenvalue weighted by Crippen LogP contribution is 2.72. The number of carbonyl (C=O) groups is 1. The molecule has 5 nitrogen and oxygen atoms in total. The second kappa shape index (κ2) is 10.1. The van der Waals surface area contributed by atoms with E-state index >= 15 is 0 Å². The molecule has 0 N–H and O–H groups in total.